The van der Waals surface area contributed by atoms with Gasteiger partial charge in [0.2, 0.25) is 0 Å². The van der Waals surface area contributed by atoms with Crippen molar-refractivity contribution in [3.05, 3.63) is 24.2 Å². The largest absolute Gasteiger partial charge is 0.297 e. The highest BCUT2D eigenvalue weighted by Crippen LogP contribution is 2.28. The molecule has 0 aromatic heterocycles. The van der Waals surface area contributed by atoms with Crippen molar-refractivity contribution >= 4 is 23.3 Å². The van der Waals surface area contributed by atoms with Gasteiger partial charge in [-0.1, -0.05) is 0 Å². The van der Waals surface area contributed by atoms with Crippen molar-refractivity contribution in [2.75, 3.05) is 0 Å². The molecule has 2 aliphatic heterocycles. The summed E-state index contributed by atoms with van der Waals surface area (Å²) in [7, 11) is 0. The maximum atomic E-state index is 11.4. The van der Waals surface area contributed by atoms with Crippen LogP contribution in [0, 0.1) is 0 Å². The molecule has 14 heavy (non-hydrogen) atoms. The molecular weight excluding hydrogens is 202 g/mol. The Morgan fingerprint density at radius 3 is 3.00 bits per heavy atom. The highest BCUT2D eigenvalue weighted by Gasteiger charge is 2.36. The fourth-order valence-electron chi connectivity index (χ4n) is 1.66. The molecule has 0 saturated heterocycles. The number of hydrazine groups is 1. The van der Waals surface area contributed by atoms with Gasteiger partial charge in [0.25, 0.3) is 0 Å². The second-order valence-corrected chi connectivity index (χ2v) is 3.61. The van der Waals surface area contributed by atoms with Gasteiger partial charge in [-0.3, -0.25) is 4.79 Å². The lowest BCUT2D eigenvalue weighted by atomic mass is 10.1. The summed E-state index contributed by atoms with van der Waals surface area (Å²) in [5.74, 6) is 0.746. The molecule has 5 heteroatoms. The molecule has 0 bridgehead atoms. The van der Waals surface area contributed by atoms with E-state index in [1.165, 1.54) is 11.5 Å². The van der Waals surface area contributed by atoms with Gasteiger partial charge in [-0.05, 0) is 26.0 Å². The Morgan fingerprint density at radius 1 is 1.64 bits per heavy atom. The standard InChI is InChI=1S/C9H10ClN3O/c1-6-9(7(2)14)13-8(11-6)4-3-5-12(13)10/h3-5,9H,1-2H3. The molecule has 0 radical (unpaired) electrons. The van der Waals surface area contributed by atoms with Gasteiger partial charge in [-0.15, -0.1) is 0 Å². The molecule has 2 heterocycles. The SMILES string of the molecule is CC(=O)C1C(C)=NC2=CC=CN(Cl)N21. The van der Waals surface area contributed by atoms with Crippen LogP contribution in [0.1, 0.15) is 13.8 Å². The van der Waals surface area contributed by atoms with Crippen LogP contribution in [-0.2, 0) is 4.79 Å². The van der Waals surface area contributed by atoms with Crippen LogP contribution in [0.15, 0.2) is 29.2 Å². The van der Waals surface area contributed by atoms with E-state index in [-0.39, 0.29) is 11.8 Å². The van der Waals surface area contributed by atoms with E-state index in [1.807, 2.05) is 13.0 Å². The van der Waals surface area contributed by atoms with Gasteiger partial charge in [0.05, 0.1) is 0 Å². The number of carbonyl (C=O) groups is 1. The zero-order valence-corrected chi connectivity index (χ0v) is 8.69. The van der Waals surface area contributed by atoms with Crippen molar-refractivity contribution < 1.29 is 4.79 Å². The van der Waals surface area contributed by atoms with E-state index < -0.39 is 0 Å². The summed E-state index contributed by atoms with van der Waals surface area (Å²) in [4.78, 5) is 15.7. The van der Waals surface area contributed by atoms with Crippen LogP contribution >= 0.6 is 11.8 Å². The number of ketones is 1. The molecule has 0 aromatic rings. The van der Waals surface area contributed by atoms with Crippen molar-refractivity contribution in [1.29, 1.82) is 0 Å². The van der Waals surface area contributed by atoms with Gasteiger partial charge in [0.15, 0.2) is 5.78 Å². The van der Waals surface area contributed by atoms with Crippen LogP contribution in [0.2, 0.25) is 0 Å². The van der Waals surface area contributed by atoms with Crippen molar-refractivity contribution in [1.82, 2.24) is 9.54 Å². The molecular formula is C9H10ClN3O. The number of allylic oxidation sites excluding steroid dienone is 2. The lowest BCUT2D eigenvalue weighted by molar-refractivity contribution is -0.121. The zero-order chi connectivity index (χ0) is 10.3. The third-order valence-corrected chi connectivity index (χ3v) is 2.49. The highest BCUT2D eigenvalue weighted by atomic mass is 35.5. The van der Waals surface area contributed by atoms with Crippen LogP contribution in [0.5, 0.6) is 0 Å². The fourth-order valence-corrected chi connectivity index (χ4v) is 1.89. The number of fused-ring (bicyclic) bond motifs is 1. The molecule has 0 spiro atoms. The minimum Gasteiger partial charge on any atom is -0.297 e. The topological polar surface area (TPSA) is 35.9 Å². The molecule has 0 aromatic carbocycles. The summed E-state index contributed by atoms with van der Waals surface area (Å²) in [5, 5.41) is 1.67. The summed E-state index contributed by atoms with van der Waals surface area (Å²) in [6, 6.07) is -0.358. The number of carbonyl (C=O) groups excluding carboxylic acids is 1. The van der Waals surface area contributed by atoms with Crippen LogP contribution in [-0.4, -0.2) is 27.1 Å². The van der Waals surface area contributed by atoms with E-state index in [1.54, 1.807) is 17.3 Å². The lowest BCUT2D eigenvalue weighted by Crippen LogP contribution is -2.44. The minimum atomic E-state index is -0.358. The average Bonchev–Trinajstić information content (AvgIpc) is 2.42. The number of halogens is 1. The number of hydrogen-bond donors (Lipinski definition) is 0. The molecule has 2 aliphatic rings. The summed E-state index contributed by atoms with van der Waals surface area (Å²) in [5.41, 5.74) is 0.776. The summed E-state index contributed by atoms with van der Waals surface area (Å²) < 4.78 is 1.36. The smallest absolute Gasteiger partial charge is 0.160 e. The Morgan fingerprint density at radius 2 is 2.36 bits per heavy atom. The van der Waals surface area contributed by atoms with E-state index in [9.17, 15) is 4.79 Å². The van der Waals surface area contributed by atoms with Crippen LogP contribution in [0.3, 0.4) is 0 Å². The van der Waals surface area contributed by atoms with Crippen molar-refractivity contribution in [3.63, 3.8) is 0 Å². The normalized spacial score (nSPS) is 24.6. The fraction of sp³-hybridized carbons (Fsp3) is 0.333. The number of nitrogens with zero attached hydrogens (tertiary/aromatic N) is 3. The van der Waals surface area contributed by atoms with Gasteiger partial charge < -0.3 is 0 Å². The Balaban J connectivity index is 2.40. The maximum Gasteiger partial charge on any atom is 0.160 e. The van der Waals surface area contributed by atoms with Crippen molar-refractivity contribution in [2.45, 2.75) is 19.9 Å². The number of hydrogen-bond acceptors (Lipinski definition) is 4. The van der Waals surface area contributed by atoms with Crippen LogP contribution in [0.25, 0.3) is 0 Å². The maximum absolute atomic E-state index is 11.4. The predicted molar refractivity (Wildman–Crippen MR) is 54.3 cm³/mol. The molecule has 2 rings (SSSR count). The number of Topliss-reactive ketones (excluding diaryl/α,β-unsaturated/α-hetero) is 1. The van der Waals surface area contributed by atoms with E-state index in [0.29, 0.717) is 5.82 Å². The number of aliphatic imine (C=N–C) groups is 1. The average molecular weight is 212 g/mol. The molecule has 0 saturated carbocycles. The van der Waals surface area contributed by atoms with Gasteiger partial charge >= 0.3 is 0 Å². The number of rotatable bonds is 1. The van der Waals surface area contributed by atoms with Crippen LogP contribution < -0.4 is 0 Å². The third-order valence-electron chi connectivity index (χ3n) is 2.21. The summed E-state index contributed by atoms with van der Waals surface area (Å²) >= 11 is 5.93. The first-order valence-electron chi connectivity index (χ1n) is 4.29. The summed E-state index contributed by atoms with van der Waals surface area (Å²) in [6.07, 6.45) is 5.29. The molecule has 1 unspecified atom stereocenters. The van der Waals surface area contributed by atoms with E-state index >= 15 is 0 Å². The Bertz CT molecular complexity index is 372. The van der Waals surface area contributed by atoms with Crippen molar-refractivity contribution in [2.24, 2.45) is 4.99 Å². The predicted octanol–water partition coefficient (Wildman–Crippen LogP) is 1.46. The monoisotopic (exact) mass is 211 g/mol. The van der Waals surface area contributed by atoms with Gasteiger partial charge in [0.1, 0.15) is 11.9 Å². The molecule has 0 aliphatic carbocycles. The minimum absolute atomic E-state index is 0.0376. The van der Waals surface area contributed by atoms with Gasteiger partial charge in [-0.25, -0.2) is 10.0 Å². The molecule has 0 amide bonds. The lowest BCUT2D eigenvalue weighted by Gasteiger charge is -2.32. The van der Waals surface area contributed by atoms with Crippen molar-refractivity contribution in [3.8, 4) is 0 Å². The molecule has 4 nitrogen and oxygen atoms in total. The quantitative estimate of drug-likeness (QED) is 0.616. The first kappa shape index (κ1) is 9.27. The third kappa shape index (κ3) is 1.23. The second-order valence-electron chi connectivity index (χ2n) is 3.27. The molecule has 74 valence electrons. The van der Waals surface area contributed by atoms with Gasteiger partial charge in [-0.2, -0.15) is 4.53 Å². The second kappa shape index (κ2) is 3.13. The van der Waals surface area contributed by atoms with E-state index in [2.05, 4.69) is 4.99 Å². The van der Waals surface area contributed by atoms with E-state index in [0.717, 1.165) is 5.71 Å². The van der Waals surface area contributed by atoms with Gasteiger partial charge in [0, 0.05) is 23.7 Å². The van der Waals surface area contributed by atoms with Crippen LogP contribution in [0.4, 0.5) is 0 Å². The molecule has 0 N–H and O–H groups in total. The first-order chi connectivity index (χ1) is 6.61. The molecule has 1 atom stereocenters. The Hall–Kier alpha value is -1.29. The Labute approximate surface area is 87.2 Å². The Kier molecular flexibility index (Phi) is 2.07. The molecule has 0 fully saturated rings. The summed E-state index contributed by atoms with van der Waals surface area (Å²) in [6.45, 7) is 3.37. The van der Waals surface area contributed by atoms with E-state index in [4.69, 9.17) is 11.8 Å². The zero-order valence-electron chi connectivity index (χ0n) is 7.94. The highest BCUT2D eigenvalue weighted by molar-refractivity contribution is 6.15. The first-order valence-corrected chi connectivity index (χ1v) is 4.63.